The molecule has 5 nitrogen and oxygen atoms in total. The molecule has 1 aromatic rings. The Hall–Kier alpha value is -1.18. The molecule has 1 aromatic heterocycles. The van der Waals surface area contributed by atoms with Gasteiger partial charge in [0.2, 0.25) is 0 Å². The Morgan fingerprint density at radius 1 is 1.39 bits per heavy atom. The van der Waals surface area contributed by atoms with Crippen molar-refractivity contribution in [3.05, 3.63) is 29.2 Å². The summed E-state index contributed by atoms with van der Waals surface area (Å²) in [6.07, 6.45) is 0.959. The van der Waals surface area contributed by atoms with E-state index in [1.807, 2.05) is 19.9 Å². The van der Waals surface area contributed by atoms with Crippen LogP contribution in [0.5, 0.6) is 0 Å². The van der Waals surface area contributed by atoms with Crippen LogP contribution in [0.2, 0.25) is 0 Å². The van der Waals surface area contributed by atoms with Crippen molar-refractivity contribution < 1.29 is 5.11 Å². The molecule has 1 atom stereocenters. The average molecular weight is 282 g/mol. The van der Waals surface area contributed by atoms with E-state index >= 15 is 0 Å². The Bertz CT molecular complexity index is 484. The molecule has 0 aromatic carbocycles. The molecule has 0 bridgehead atoms. The van der Waals surface area contributed by atoms with Gasteiger partial charge in [-0.05, 0) is 38.2 Å². The van der Waals surface area contributed by atoms with E-state index in [0.717, 1.165) is 22.2 Å². The number of thiocarbonyl (C=S) groups is 1. The van der Waals surface area contributed by atoms with Gasteiger partial charge in [-0.15, -0.1) is 0 Å². The van der Waals surface area contributed by atoms with Crippen molar-refractivity contribution >= 4 is 29.1 Å². The molecule has 0 saturated heterocycles. The molecule has 2 heterocycles. The summed E-state index contributed by atoms with van der Waals surface area (Å²) in [7, 11) is 0. The quantitative estimate of drug-likeness (QED) is 0.431. The normalized spacial score (nSPS) is 18.9. The molecular weight excluding hydrogens is 268 g/mol. The number of hydrogen-bond donors (Lipinski definition) is 3. The lowest BCUT2D eigenvalue weighted by molar-refractivity contribution is 0.204. The van der Waals surface area contributed by atoms with Crippen LogP contribution in [0.3, 0.4) is 0 Å². The van der Waals surface area contributed by atoms with Gasteiger partial charge in [0.1, 0.15) is 6.23 Å². The van der Waals surface area contributed by atoms with Crippen molar-refractivity contribution in [2.24, 2.45) is 0 Å². The number of nitrogens with one attached hydrogen (secondary N) is 2. The molecule has 0 aliphatic carbocycles. The molecular formula is C11H14N4OS2. The van der Waals surface area contributed by atoms with Crippen LogP contribution in [0, 0.1) is 13.8 Å². The number of rotatable bonds is 3. The summed E-state index contributed by atoms with van der Waals surface area (Å²) in [6.45, 7) is 3.89. The first-order chi connectivity index (χ1) is 8.52. The predicted molar refractivity (Wildman–Crippen MR) is 75.2 cm³/mol. The molecule has 0 radical (unpaired) electrons. The van der Waals surface area contributed by atoms with Gasteiger partial charge in [-0.25, -0.2) is 9.97 Å². The molecule has 0 saturated carbocycles. The average Bonchev–Trinajstić information content (AvgIpc) is 2.23. The van der Waals surface area contributed by atoms with Gasteiger partial charge in [0, 0.05) is 22.8 Å². The third kappa shape index (κ3) is 3.66. The van der Waals surface area contributed by atoms with E-state index in [-0.39, 0.29) is 0 Å². The maximum absolute atomic E-state index is 9.48. The highest BCUT2D eigenvalue weighted by Gasteiger charge is 2.13. The van der Waals surface area contributed by atoms with Crippen molar-refractivity contribution in [2.75, 3.05) is 5.75 Å². The fourth-order valence-electron chi connectivity index (χ4n) is 1.57. The Kier molecular flexibility index (Phi) is 4.15. The van der Waals surface area contributed by atoms with Crippen molar-refractivity contribution in [3.63, 3.8) is 0 Å². The molecule has 1 unspecified atom stereocenters. The van der Waals surface area contributed by atoms with Gasteiger partial charge in [0.05, 0.1) is 0 Å². The van der Waals surface area contributed by atoms with Crippen LogP contribution in [0.4, 0.5) is 0 Å². The van der Waals surface area contributed by atoms with Gasteiger partial charge in [-0.3, -0.25) is 0 Å². The summed E-state index contributed by atoms with van der Waals surface area (Å²) < 4.78 is 0. The second kappa shape index (κ2) is 5.64. The van der Waals surface area contributed by atoms with Gasteiger partial charge in [-0.2, -0.15) is 0 Å². The second-order valence-electron chi connectivity index (χ2n) is 3.96. The van der Waals surface area contributed by atoms with Crippen LogP contribution in [0.15, 0.2) is 23.0 Å². The first-order valence-corrected chi connectivity index (χ1v) is 6.83. The zero-order chi connectivity index (χ0) is 13.1. The lowest BCUT2D eigenvalue weighted by Crippen LogP contribution is -2.45. The summed E-state index contributed by atoms with van der Waals surface area (Å²) >= 11 is 6.48. The van der Waals surface area contributed by atoms with E-state index in [9.17, 15) is 5.11 Å². The van der Waals surface area contributed by atoms with Crippen LogP contribution in [0.1, 0.15) is 11.4 Å². The molecule has 96 valence electrons. The second-order valence-corrected chi connectivity index (χ2v) is 5.31. The molecule has 7 heteroatoms. The van der Waals surface area contributed by atoms with Gasteiger partial charge in [-0.1, -0.05) is 11.8 Å². The van der Waals surface area contributed by atoms with Crippen LogP contribution >= 0.6 is 24.0 Å². The Labute approximate surface area is 115 Å². The molecule has 1 aliphatic heterocycles. The number of aliphatic hydroxyl groups is 1. The van der Waals surface area contributed by atoms with E-state index in [1.165, 1.54) is 11.8 Å². The van der Waals surface area contributed by atoms with Gasteiger partial charge in [0.25, 0.3) is 0 Å². The molecule has 0 fully saturated rings. The molecule has 2 rings (SSSR count). The highest BCUT2D eigenvalue weighted by Crippen LogP contribution is 2.17. The summed E-state index contributed by atoms with van der Waals surface area (Å²) in [5.74, 6) is 0.641. The molecule has 18 heavy (non-hydrogen) atoms. The van der Waals surface area contributed by atoms with Crippen molar-refractivity contribution in [3.8, 4) is 0 Å². The van der Waals surface area contributed by atoms with E-state index in [4.69, 9.17) is 12.2 Å². The minimum absolute atomic E-state index is 0.432. The summed E-state index contributed by atoms with van der Waals surface area (Å²) in [5.41, 5.74) is 2.76. The fourth-order valence-corrected chi connectivity index (χ4v) is 2.70. The number of aryl methyl sites for hydroxylation is 2. The lowest BCUT2D eigenvalue weighted by atomic mass is 10.3. The minimum Gasteiger partial charge on any atom is -0.370 e. The third-order valence-electron chi connectivity index (χ3n) is 2.23. The van der Waals surface area contributed by atoms with E-state index < -0.39 is 6.23 Å². The maximum atomic E-state index is 9.48. The van der Waals surface area contributed by atoms with Crippen molar-refractivity contribution in [1.29, 1.82) is 0 Å². The number of aliphatic hydroxyl groups excluding tert-OH is 1. The maximum Gasteiger partial charge on any atom is 0.188 e. The monoisotopic (exact) mass is 282 g/mol. The lowest BCUT2D eigenvalue weighted by Gasteiger charge is -2.21. The van der Waals surface area contributed by atoms with Crippen molar-refractivity contribution in [2.45, 2.75) is 25.2 Å². The van der Waals surface area contributed by atoms with E-state index in [1.54, 1.807) is 6.08 Å². The fraction of sp³-hybridized carbons (Fsp3) is 0.364. The highest BCUT2D eigenvalue weighted by atomic mass is 32.2. The van der Waals surface area contributed by atoms with E-state index in [2.05, 4.69) is 20.6 Å². The predicted octanol–water partition coefficient (Wildman–Crippen LogP) is 0.866. The van der Waals surface area contributed by atoms with Crippen LogP contribution in [0.25, 0.3) is 0 Å². The smallest absolute Gasteiger partial charge is 0.188 e. The van der Waals surface area contributed by atoms with Crippen LogP contribution in [-0.2, 0) is 0 Å². The summed E-state index contributed by atoms with van der Waals surface area (Å²) in [6, 6.07) is 1.94. The van der Waals surface area contributed by atoms with Gasteiger partial charge >= 0.3 is 0 Å². The largest absolute Gasteiger partial charge is 0.370 e. The number of thioether (sulfide) groups is 1. The molecule has 0 amide bonds. The Morgan fingerprint density at radius 3 is 2.67 bits per heavy atom. The zero-order valence-corrected chi connectivity index (χ0v) is 11.7. The number of nitrogens with zero attached hydrogens (tertiary/aromatic N) is 2. The first kappa shape index (κ1) is 13.3. The van der Waals surface area contributed by atoms with Crippen LogP contribution < -0.4 is 10.6 Å². The molecule has 3 N–H and O–H groups in total. The van der Waals surface area contributed by atoms with Crippen LogP contribution in [-0.4, -0.2) is 32.2 Å². The minimum atomic E-state index is -0.727. The number of hydrogen-bond acceptors (Lipinski definition) is 5. The summed E-state index contributed by atoms with van der Waals surface area (Å²) in [4.78, 5) is 8.68. The zero-order valence-electron chi connectivity index (χ0n) is 10.1. The topological polar surface area (TPSA) is 70.1 Å². The van der Waals surface area contributed by atoms with E-state index in [0.29, 0.717) is 10.9 Å². The number of aromatic nitrogens is 2. The Morgan fingerprint density at radius 2 is 2.06 bits per heavy atom. The van der Waals surface area contributed by atoms with Gasteiger partial charge < -0.3 is 15.7 Å². The summed E-state index contributed by atoms with van der Waals surface area (Å²) in [5, 5.41) is 16.3. The standard InChI is InChI=1S/C11H14N4OS2/c1-6-3-7(2)13-11(12-6)18-5-8-4-9(16)15-10(17)14-8/h3-4,9,16H,5H2,1-2H3,(H2,14,15,17). The molecule has 0 spiro atoms. The third-order valence-corrected chi connectivity index (χ3v) is 3.35. The first-order valence-electron chi connectivity index (χ1n) is 5.44. The van der Waals surface area contributed by atoms with Gasteiger partial charge in [0.15, 0.2) is 10.3 Å². The highest BCUT2D eigenvalue weighted by molar-refractivity contribution is 7.99. The SMILES string of the molecule is Cc1cc(C)nc(SCC2=CC(O)NC(=S)N2)n1. The Balaban J connectivity index is 2.01. The van der Waals surface area contributed by atoms with Crippen molar-refractivity contribution in [1.82, 2.24) is 20.6 Å². The molecule has 1 aliphatic rings.